The molecule has 0 atom stereocenters. The Morgan fingerprint density at radius 3 is 2.88 bits per heavy atom. The van der Waals surface area contributed by atoms with Crippen molar-refractivity contribution in [1.82, 2.24) is 9.97 Å². The second kappa shape index (κ2) is 6.60. The molecule has 3 rings (SSSR count). The lowest BCUT2D eigenvalue weighted by Gasteiger charge is -2.15. The maximum Gasteiger partial charge on any atom is 0.329 e. The molecule has 0 radical (unpaired) electrons. The Kier molecular flexibility index (Phi) is 4.49. The molecule has 0 unspecified atom stereocenters. The van der Waals surface area contributed by atoms with Crippen LogP contribution in [0.5, 0.6) is 0 Å². The highest BCUT2D eigenvalue weighted by Crippen LogP contribution is 2.32. The zero-order valence-corrected chi connectivity index (χ0v) is 12.9. The van der Waals surface area contributed by atoms with Gasteiger partial charge in [0.25, 0.3) is 5.56 Å². The van der Waals surface area contributed by atoms with E-state index < -0.39 is 36.3 Å². The van der Waals surface area contributed by atoms with Gasteiger partial charge in [0.2, 0.25) is 5.58 Å². The first-order valence-corrected chi connectivity index (χ1v) is 7.48. The summed E-state index contributed by atoms with van der Waals surface area (Å²) in [6.07, 6.45) is -0.731. The van der Waals surface area contributed by atoms with Gasteiger partial charge in [0, 0.05) is 18.4 Å². The molecule has 0 aliphatic heterocycles. The molecule has 0 aliphatic rings. The van der Waals surface area contributed by atoms with Gasteiger partial charge in [-0.3, -0.25) is 4.79 Å². The van der Waals surface area contributed by atoms with E-state index in [0.717, 1.165) is 0 Å². The summed E-state index contributed by atoms with van der Waals surface area (Å²) in [7, 11) is 0. The van der Waals surface area contributed by atoms with Crippen LogP contribution in [-0.4, -0.2) is 34.3 Å². The van der Waals surface area contributed by atoms with E-state index in [1.807, 2.05) is 0 Å². The minimum absolute atomic E-state index is 0.0798. The topological polar surface area (TPSA) is 105 Å². The number of ether oxygens (including phenoxy) is 1. The van der Waals surface area contributed by atoms with Crippen LogP contribution >= 0.6 is 0 Å². The molecule has 1 aromatic carbocycles. The predicted molar refractivity (Wildman–Crippen MR) is 83.7 cm³/mol. The lowest BCUT2D eigenvalue weighted by Crippen LogP contribution is -2.23. The summed E-state index contributed by atoms with van der Waals surface area (Å²) >= 11 is 0. The number of nitrogens with zero attached hydrogens (tertiary/aromatic N) is 1. The van der Waals surface area contributed by atoms with Crippen molar-refractivity contribution in [1.29, 1.82) is 0 Å². The molecule has 0 bridgehead atoms. The fourth-order valence-corrected chi connectivity index (χ4v) is 2.45. The summed E-state index contributed by atoms with van der Waals surface area (Å²) in [5.41, 5.74) is -0.419. The molecular formula is C16H14F2N2O5. The van der Waals surface area contributed by atoms with E-state index in [1.165, 1.54) is 0 Å². The van der Waals surface area contributed by atoms with Crippen LogP contribution in [0.3, 0.4) is 0 Å². The summed E-state index contributed by atoms with van der Waals surface area (Å²) in [6.45, 7) is -0.684. The van der Waals surface area contributed by atoms with Gasteiger partial charge in [0.05, 0.1) is 0 Å². The Balaban J connectivity index is 1.85. The largest absolute Gasteiger partial charge is 0.480 e. The number of aliphatic carboxylic acids is 1. The maximum absolute atomic E-state index is 14.3. The number of para-hydroxylation sites is 1. The molecule has 7 nitrogen and oxygen atoms in total. The molecule has 3 aromatic rings. The molecule has 0 saturated carbocycles. The van der Waals surface area contributed by atoms with Crippen LogP contribution < -0.4 is 5.56 Å². The van der Waals surface area contributed by atoms with Gasteiger partial charge >= 0.3 is 11.9 Å². The molecule has 0 spiro atoms. The van der Waals surface area contributed by atoms with Crippen molar-refractivity contribution in [3.8, 4) is 0 Å². The zero-order chi connectivity index (χ0) is 18.0. The van der Waals surface area contributed by atoms with E-state index in [4.69, 9.17) is 14.3 Å². The molecule has 0 fully saturated rings. The second-order valence-electron chi connectivity index (χ2n) is 5.44. The van der Waals surface area contributed by atoms with Crippen LogP contribution in [0.1, 0.15) is 18.7 Å². The van der Waals surface area contributed by atoms with Crippen molar-refractivity contribution < 1.29 is 27.8 Å². The van der Waals surface area contributed by atoms with Crippen molar-refractivity contribution in [2.45, 2.75) is 18.8 Å². The van der Waals surface area contributed by atoms with Gasteiger partial charge < -0.3 is 19.2 Å². The number of nitrogens with one attached hydrogen (secondary N) is 1. The van der Waals surface area contributed by atoms with Crippen LogP contribution in [0.4, 0.5) is 8.78 Å². The number of fused-ring (bicyclic) bond motifs is 3. The van der Waals surface area contributed by atoms with Crippen molar-refractivity contribution in [2.24, 2.45) is 0 Å². The molecule has 2 heterocycles. The molecule has 25 heavy (non-hydrogen) atoms. The van der Waals surface area contributed by atoms with E-state index in [0.29, 0.717) is 11.0 Å². The van der Waals surface area contributed by atoms with Crippen LogP contribution in [0.15, 0.2) is 33.5 Å². The first-order chi connectivity index (χ1) is 11.9. The highest BCUT2D eigenvalue weighted by molar-refractivity contribution is 6.01. The predicted octanol–water partition coefficient (Wildman–Crippen LogP) is 2.64. The van der Waals surface area contributed by atoms with Crippen molar-refractivity contribution in [3.05, 3.63) is 40.4 Å². The number of aromatic nitrogens is 2. The summed E-state index contributed by atoms with van der Waals surface area (Å²) in [6, 6.07) is 6.65. The Morgan fingerprint density at radius 1 is 1.36 bits per heavy atom. The third-order valence-electron chi connectivity index (χ3n) is 3.58. The molecule has 2 N–H and O–H groups in total. The fourth-order valence-electron chi connectivity index (χ4n) is 2.45. The monoisotopic (exact) mass is 352 g/mol. The normalized spacial score (nSPS) is 12.1. The van der Waals surface area contributed by atoms with Gasteiger partial charge in [-0.05, 0) is 18.6 Å². The van der Waals surface area contributed by atoms with Crippen molar-refractivity contribution in [2.75, 3.05) is 13.2 Å². The third kappa shape index (κ3) is 3.50. The van der Waals surface area contributed by atoms with E-state index in [2.05, 4.69) is 9.97 Å². The number of rotatable bonds is 7. The minimum atomic E-state index is -3.39. The number of halogens is 2. The van der Waals surface area contributed by atoms with Crippen LogP contribution in [0.2, 0.25) is 0 Å². The van der Waals surface area contributed by atoms with E-state index >= 15 is 0 Å². The fraction of sp³-hybridized carbons (Fsp3) is 0.312. The van der Waals surface area contributed by atoms with Gasteiger partial charge in [-0.2, -0.15) is 8.78 Å². The number of aromatic amines is 1. The Hall–Kier alpha value is -2.81. The molecule has 0 aliphatic carbocycles. The summed E-state index contributed by atoms with van der Waals surface area (Å²) in [5, 5.41) is 8.89. The number of benzene rings is 1. The van der Waals surface area contributed by atoms with E-state index in [9.17, 15) is 18.4 Å². The molecule has 0 saturated heterocycles. The van der Waals surface area contributed by atoms with Crippen LogP contribution in [-0.2, 0) is 15.5 Å². The molecule has 0 amide bonds. The first-order valence-electron chi connectivity index (χ1n) is 7.48. The first kappa shape index (κ1) is 17.0. The minimum Gasteiger partial charge on any atom is -0.480 e. The van der Waals surface area contributed by atoms with Crippen LogP contribution in [0.25, 0.3) is 22.1 Å². The lowest BCUT2D eigenvalue weighted by molar-refractivity contribution is -0.142. The molecular weight excluding hydrogens is 338 g/mol. The summed E-state index contributed by atoms with van der Waals surface area (Å²) in [4.78, 5) is 28.3. The van der Waals surface area contributed by atoms with E-state index in [-0.39, 0.29) is 24.1 Å². The number of hydrogen-bond donors (Lipinski definition) is 2. The SMILES string of the molecule is O=C(O)COCCCC(F)(F)c1nc2c(oc3ccccc32)c(=O)[nH]1. The Bertz CT molecular complexity index is 979. The van der Waals surface area contributed by atoms with Crippen LogP contribution in [0, 0.1) is 0 Å². The van der Waals surface area contributed by atoms with Gasteiger partial charge in [0.1, 0.15) is 17.7 Å². The standard InChI is InChI=1S/C16H14F2N2O5/c17-16(18,6-3-7-24-8-11(21)22)15-19-12-9-4-1-2-5-10(9)25-13(12)14(23)20-15/h1-2,4-5H,3,6-8H2,(H,21,22)(H,19,20,23). The number of carboxylic acids is 1. The van der Waals surface area contributed by atoms with Gasteiger partial charge in [-0.1, -0.05) is 12.1 Å². The smallest absolute Gasteiger partial charge is 0.329 e. The number of hydrogen-bond acceptors (Lipinski definition) is 5. The molecule has 2 aromatic heterocycles. The summed E-state index contributed by atoms with van der Waals surface area (Å²) < 4.78 is 38.7. The number of H-pyrrole nitrogens is 1. The third-order valence-corrected chi connectivity index (χ3v) is 3.58. The number of alkyl halides is 2. The highest BCUT2D eigenvalue weighted by Gasteiger charge is 2.35. The Morgan fingerprint density at radius 2 is 2.12 bits per heavy atom. The number of carbonyl (C=O) groups is 1. The number of carboxylic acid groups (broad SMARTS) is 1. The van der Waals surface area contributed by atoms with Gasteiger partial charge in [-0.15, -0.1) is 0 Å². The highest BCUT2D eigenvalue weighted by atomic mass is 19.3. The Labute approximate surface area is 139 Å². The number of furan rings is 1. The van der Waals surface area contributed by atoms with Crippen molar-refractivity contribution in [3.63, 3.8) is 0 Å². The average molecular weight is 352 g/mol. The average Bonchev–Trinajstić information content (AvgIpc) is 2.94. The van der Waals surface area contributed by atoms with Gasteiger partial charge in [-0.25, -0.2) is 9.78 Å². The van der Waals surface area contributed by atoms with Gasteiger partial charge in [0.15, 0.2) is 5.82 Å². The lowest BCUT2D eigenvalue weighted by atomic mass is 10.1. The molecule has 9 heteroatoms. The van der Waals surface area contributed by atoms with E-state index in [1.54, 1.807) is 24.3 Å². The van der Waals surface area contributed by atoms with Crippen molar-refractivity contribution >= 4 is 28.0 Å². The summed E-state index contributed by atoms with van der Waals surface area (Å²) in [5.74, 6) is -5.32. The molecule has 132 valence electrons. The maximum atomic E-state index is 14.3. The quantitative estimate of drug-likeness (QED) is 0.633. The second-order valence-corrected chi connectivity index (χ2v) is 5.44. The zero-order valence-electron chi connectivity index (χ0n) is 12.9.